The number of allylic oxidation sites excluding steroid dienone is 1. The van der Waals surface area contributed by atoms with Gasteiger partial charge in [-0.05, 0) is 17.7 Å². The number of aryl methyl sites for hydroxylation is 1. The lowest BCUT2D eigenvalue weighted by Gasteiger charge is -2.24. The van der Waals surface area contributed by atoms with Gasteiger partial charge in [-0.25, -0.2) is 0 Å². The normalized spacial score (nSPS) is 12.0. The van der Waals surface area contributed by atoms with Gasteiger partial charge in [-0.3, -0.25) is 0 Å². The Kier molecular flexibility index (Phi) is 8.33. The molecule has 1 unspecified atom stereocenters. The van der Waals surface area contributed by atoms with Crippen LogP contribution in [0.2, 0.25) is 0 Å². The number of nitrogens with zero attached hydrogens (tertiary/aromatic N) is 2. The van der Waals surface area contributed by atoms with Gasteiger partial charge in [-0.15, -0.1) is 0 Å². The molecule has 2 rings (SSSR count). The SMILES string of the molecule is C=C(NC(CC=O)c1ccc2c(c1)c(/C(C=N)=C/N)cn2C)N(C)C.CC. The molecule has 2 aromatic rings. The molecule has 0 aliphatic heterocycles. The largest absolute Gasteiger partial charge is 0.404 e. The zero-order valence-electron chi connectivity index (χ0n) is 16.9. The zero-order chi connectivity index (χ0) is 20.6. The molecule has 0 saturated carbocycles. The van der Waals surface area contributed by atoms with Crippen LogP contribution in [0.4, 0.5) is 0 Å². The van der Waals surface area contributed by atoms with Gasteiger partial charge in [-0.2, -0.15) is 0 Å². The zero-order valence-corrected chi connectivity index (χ0v) is 16.9. The number of nitrogens with two attached hydrogens (primary N) is 1. The maximum Gasteiger partial charge on any atom is 0.122 e. The van der Waals surface area contributed by atoms with Crippen molar-refractivity contribution in [2.24, 2.45) is 12.8 Å². The predicted octanol–water partition coefficient (Wildman–Crippen LogP) is 3.41. The highest BCUT2D eigenvalue weighted by Gasteiger charge is 2.16. The second-order valence-electron chi connectivity index (χ2n) is 6.14. The van der Waals surface area contributed by atoms with Crippen LogP contribution in [0.5, 0.6) is 0 Å². The molecular weight excluding hydrogens is 338 g/mol. The van der Waals surface area contributed by atoms with Crippen molar-refractivity contribution in [1.29, 1.82) is 5.41 Å². The summed E-state index contributed by atoms with van der Waals surface area (Å²) in [5.74, 6) is 0.738. The van der Waals surface area contributed by atoms with Gasteiger partial charge in [0.05, 0.1) is 11.9 Å². The highest BCUT2D eigenvalue weighted by atomic mass is 16.1. The van der Waals surface area contributed by atoms with E-state index >= 15 is 0 Å². The van der Waals surface area contributed by atoms with Crippen molar-refractivity contribution in [3.8, 4) is 0 Å². The predicted molar refractivity (Wildman–Crippen MR) is 115 cm³/mol. The molecule has 4 N–H and O–H groups in total. The van der Waals surface area contributed by atoms with Crippen LogP contribution in [-0.4, -0.2) is 36.1 Å². The lowest BCUT2D eigenvalue weighted by molar-refractivity contribution is -0.108. The fourth-order valence-electron chi connectivity index (χ4n) is 2.78. The number of carbonyl (C=O) groups excluding carboxylic acids is 1. The fourth-order valence-corrected chi connectivity index (χ4v) is 2.78. The van der Waals surface area contributed by atoms with Gasteiger partial charge in [0.15, 0.2) is 0 Å². The minimum Gasteiger partial charge on any atom is -0.404 e. The van der Waals surface area contributed by atoms with Gasteiger partial charge in [0.25, 0.3) is 0 Å². The Bertz CT molecular complexity index is 832. The van der Waals surface area contributed by atoms with Crippen LogP contribution in [0.25, 0.3) is 16.5 Å². The number of hydrogen-bond acceptors (Lipinski definition) is 5. The summed E-state index contributed by atoms with van der Waals surface area (Å²) >= 11 is 0. The van der Waals surface area contributed by atoms with Crippen molar-refractivity contribution in [1.82, 2.24) is 14.8 Å². The molecule has 0 aliphatic carbocycles. The Labute approximate surface area is 161 Å². The Morgan fingerprint density at radius 3 is 2.59 bits per heavy atom. The quantitative estimate of drug-likeness (QED) is 0.491. The van der Waals surface area contributed by atoms with Crippen molar-refractivity contribution in [2.75, 3.05) is 14.1 Å². The molecule has 0 amide bonds. The van der Waals surface area contributed by atoms with Crippen molar-refractivity contribution >= 4 is 29.0 Å². The van der Waals surface area contributed by atoms with E-state index in [9.17, 15) is 4.79 Å². The Morgan fingerprint density at radius 1 is 1.41 bits per heavy atom. The molecule has 6 heteroatoms. The molecule has 0 radical (unpaired) electrons. The highest BCUT2D eigenvalue weighted by Crippen LogP contribution is 2.29. The lowest BCUT2D eigenvalue weighted by atomic mass is 9.99. The first-order valence-corrected chi connectivity index (χ1v) is 9.01. The smallest absolute Gasteiger partial charge is 0.122 e. The van der Waals surface area contributed by atoms with E-state index in [1.807, 2.05) is 68.9 Å². The number of aromatic nitrogens is 1. The molecular formula is C21H31N5O. The number of benzene rings is 1. The maximum atomic E-state index is 11.1. The summed E-state index contributed by atoms with van der Waals surface area (Å²) in [7, 11) is 5.75. The van der Waals surface area contributed by atoms with Crippen LogP contribution >= 0.6 is 0 Å². The molecule has 0 saturated heterocycles. The van der Waals surface area contributed by atoms with E-state index in [1.165, 1.54) is 12.4 Å². The Balaban J connectivity index is 0.00000176. The first-order valence-electron chi connectivity index (χ1n) is 9.01. The number of nitrogens with one attached hydrogen (secondary N) is 2. The van der Waals surface area contributed by atoms with E-state index < -0.39 is 0 Å². The maximum absolute atomic E-state index is 11.1. The summed E-state index contributed by atoms with van der Waals surface area (Å²) in [4.78, 5) is 13.0. The van der Waals surface area contributed by atoms with Crippen LogP contribution in [-0.2, 0) is 11.8 Å². The first kappa shape index (κ1) is 22.0. The summed E-state index contributed by atoms with van der Waals surface area (Å²) in [5.41, 5.74) is 9.23. The number of rotatable bonds is 8. The number of hydrogen-bond donors (Lipinski definition) is 3. The van der Waals surface area contributed by atoms with E-state index in [4.69, 9.17) is 11.1 Å². The van der Waals surface area contributed by atoms with Crippen LogP contribution in [0.3, 0.4) is 0 Å². The van der Waals surface area contributed by atoms with E-state index in [-0.39, 0.29) is 6.04 Å². The second-order valence-corrected chi connectivity index (χ2v) is 6.14. The van der Waals surface area contributed by atoms with Crippen molar-refractivity contribution in [3.63, 3.8) is 0 Å². The Morgan fingerprint density at radius 2 is 2.07 bits per heavy atom. The van der Waals surface area contributed by atoms with Crippen molar-refractivity contribution in [2.45, 2.75) is 26.3 Å². The van der Waals surface area contributed by atoms with Crippen molar-refractivity contribution in [3.05, 3.63) is 54.1 Å². The molecule has 1 aromatic heterocycles. The summed E-state index contributed by atoms with van der Waals surface area (Å²) < 4.78 is 2.00. The molecule has 1 atom stereocenters. The second kappa shape index (κ2) is 10.2. The lowest BCUT2D eigenvalue weighted by Crippen LogP contribution is -2.28. The van der Waals surface area contributed by atoms with E-state index in [0.717, 1.165) is 34.1 Å². The van der Waals surface area contributed by atoms with Crippen LogP contribution in [0, 0.1) is 5.41 Å². The monoisotopic (exact) mass is 369 g/mol. The molecule has 27 heavy (non-hydrogen) atoms. The van der Waals surface area contributed by atoms with Gasteiger partial charge >= 0.3 is 0 Å². The molecule has 0 aliphatic rings. The first-order chi connectivity index (χ1) is 12.9. The minimum atomic E-state index is -0.171. The van der Waals surface area contributed by atoms with E-state index in [0.29, 0.717) is 12.0 Å². The van der Waals surface area contributed by atoms with E-state index in [1.54, 1.807) is 0 Å². The average molecular weight is 370 g/mol. The highest BCUT2D eigenvalue weighted by molar-refractivity contribution is 6.13. The number of carbonyl (C=O) groups is 1. The fraction of sp³-hybridized carbons (Fsp3) is 0.333. The van der Waals surface area contributed by atoms with Gasteiger partial charge in [0.1, 0.15) is 6.29 Å². The van der Waals surface area contributed by atoms with Crippen molar-refractivity contribution < 1.29 is 4.79 Å². The molecule has 0 fully saturated rings. The third-order valence-corrected chi connectivity index (χ3v) is 4.27. The Hall–Kier alpha value is -3.02. The summed E-state index contributed by atoms with van der Waals surface area (Å²) in [5, 5.41) is 11.9. The van der Waals surface area contributed by atoms with Crippen LogP contribution in [0.1, 0.15) is 37.4 Å². The molecule has 6 nitrogen and oxygen atoms in total. The van der Waals surface area contributed by atoms with Gasteiger partial charge in [0.2, 0.25) is 0 Å². The molecule has 0 bridgehead atoms. The average Bonchev–Trinajstić information content (AvgIpc) is 3.00. The van der Waals surface area contributed by atoms with E-state index in [2.05, 4.69) is 11.9 Å². The number of fused-ring (bicyclic) bond motifs is 1. The molecule has 146 valence electrons. The summed E-state index contributed by atoms with van der Waals surface area (Å²) in [6.07, 6.45) is 5.88. The van der Waals surface area contributed by atoms with Gasteiger partial charge in [0, 0.05) is 68.2 Å². The third kappa shape index (κ3) is 5.00. The van der Waals surface area contributed by atoms with Crippen LogP contribution < -0.4 is 11.1 Å². The summed E-state index contributed by atoms with van der Waals surface area (Å²) in [6, 6.07) is 5.90. The topological polar surface area (TPSA) is 87.1 Å². The van der Waals surface area contributed by atoms with Gasteiger partial charge < -0.3 is 30.7 Å². The van der Waals surface area contributed by atoms with Gasteiger partial charge in [-0.1, -0.05) is 26.5 Å². The molecule has 1 heterocycles. The standard InChI is InChI=1S/C19H25N5O.C2H6/c1-13(23(2)3)22-18(7-8-25)14-5-6-19-16(9-14)17(12-24(19)4)15(10-20)11-21;1-2/h5-6,8-12,18,20,22H,1,7,21H2,2-4H3;1-2H3/b15-11+,20-10?;. The van der Waals surface area contributed by atoms with Crippen LogP contribution in [0.15, 0.2) is 43.0 Å². The number of aldehydes is 1. The molecule has 1 aromatic carbocycles. The third-order valence-electron chi connectivity index (χ3n) is 4.27. The minimum absolute atomic E-state index is 0.171. The summed E-state index contributed by atoms with van der Waals surface area (Å²) in [6.45, 7) is 7.98. The molecule has 0 spiro atoms.